The number of hydrogen-bond donors (Lipinski definition) is 0. The minimum atomic E-state index is -4.53. The van der Waals surface area contributed by atoms with E-state index in [2.05, 4.69) is 28.4 Å². The molecule has 10 heteroatoms. The van der Waals surface area contributed by atoms with Gasteiger partial charge in [-0.1, -0.05) is 13.5 Å². The number of ether oxygens (including phenoxy) is 1. The van der Waals surface area contributed by atoms with Gasteiger partial charge in [0.15, 0.2) is 0 Å². The first-order valence-electron chi connectivity index (χ1n) is 11.3. The number of nitrogens with zero attached hydrogens (tertiary/aromatic N) is 5. The first-order valence-corrected chi connectivity index (χ1v) is 11.3. The van der Waals surface area contributed by atoms with Crippen LogP contribution in [0.4, 0.5) is 19.1 Å². The Balaban J connectivity index is 1.51. The number of aromatic nitrogens is 2. The van der Waals surface area contributed by atoms with Gasteiger partial charge < -0.3 is 19.4 Å². The quantitative estimate of drug-likeness (QED) is 0.683. The molecule has 3 aliphatic heterocycles. The molecule has 0 N–H and O–H groups in total. The Morgan fingerprint density at radius 1 is 1.27 bits per heavy atom. The number of likely N-dealkylation sites (tertiary alicyclic amines) is 1. The van der Waals surface area contributed by atoms with Crippen molar-refractivity contribution in [3.05, 3.63) is 41.4 Å². The molecule has 0 bridgehead atoms. The summed E-state index contributed by atoms with van der Waals surface area (Å²) in [5.74, 6) is 0.501. The Bertz CT molecular complexity index is 969. The van der Waals surface area contributed by atoms with Crippen molar-refractivity contribution in [2.75, 3.05) is 44.2 Å². The van der Waals surface area contributed by atoms with E-state index >= 15 is 0 Å². The SMILES string of the molecule is C=C1OC2(CCN(CC)CC2)C(C(=O)N2CCN(c3nccc(C(F)(F)F)n3)C(C)C2)=C1C. The molecule has 2 saturated heterocycles. The van der Waals surface area contributed by atoms with Crippen LogP contribution in [0.15, 0.2) is 35.7 Å². The van der Waals surface area contributed by atoms with Crippen molar-refractivity contribution in [3.8, 4) is 0 Å². The zero-order chi connectivity index (χ0) is 24.0. The lowest BCUT2D eigenvalue weighted by Gasteiger charge is -2.43. The summed E-state index contributed by atoms with van der Waals surface area (Å²) in [5.41, 5.74) is -0.143. The molecule has 1 spiro atoms. The fourth-order valence-electron chi connectivity index (χ4n) is 5.02. The van der Waals surface area contributed by atoms with Crippen LogP contribution in [0.1, 0.15) is 39.3 Å². The van der Waals surface area contributed by atoms with Gasteiger partial charge in [-0.25, -0.2) is 9.97 Å². The predicted octanol–water partition coefficient (Wildman–Crippen LogP) is 3.25. The van der Waals surface area contributed by atoms with Crippen LogP contribution in [0, 0.1) is 0 Å². The third-order valence-corrected chi connectivity index (χ3v) is 7.00. The van der Waals surface area contributed by atoms with Gasteiger partial charge in [-0.3, -0.25) is 4.79 Å². The molecule has 4 rings (SSSR count). The van der Waals surface area contributed by atoms with Gasteiger partial charge in [0.25, 0.3) is 5.91 Å². The van der Waals surface area contributed by atoms with E-state index in [0.29, 0.717) is 31.0 Å². The van der Waals surface area contributed by atoms with Crippen molar-refractivity contribution < 1.29 is 22.7 Å². The van der Waals surface area contributed by atoms with Crippen LogP contribution < -0.4 is 4.90 Å². The summed E-state index contributed by atoms with van der Waals surface area (Å²) in [5, 5.41) is 0. The van der Waals surface area contributed by atoms with Crippen LogP contribution in [0.3, 0.4) is 0 Å². The molecule has 1 aromatic rings. The zero-order valence-electron chi connectivity index (χ0n) is 19.3. The summed E-state index contributed by atoms with van der Waals surface area (Å²) in [6.45, 7) is 13.6. The van der Waals surface area contributed by atoms with E-state index in [1.807, 2.05) is 13.8 Å². The highest BCUT2D eigenvalue weighted by Crippen LogP contribution is 2.45. The molecule has 1 unspecified atom stereocenters. The highest BCUT2D eigenvalue weighted by molar-refractivity contribution is 5.98. The molecule has 7 nitrogen and oxygen atoms in total. The monoisotopic (exact) mass is 465 g/mol. The van der Waals surface area contributed by atoms with E-state index in [9.17, 15) is 18.0 Å². The Labute approximate surface area is 191 Å². The van der Waals surface area contributed by atoms with Gasteiger partial charge in [-0.15, -0.1) is 0 Å². The molecule has 180 valence electrons. The normalized spacial score (nSPS) is 23.9. The van der Waals surface area contributed by atoms with Crippen LogP contribution in [0.2, 0.25) is 0 Å². The summed E-state index contributed by atoms with van der Waals surface area (Å²) >= 11 is 0. The maximum Gasteiger partial charge on any atom is 0.433 e. The Kier molecular flexibility index (Phi) is 6.15. The first kappa shape index (κ1) is 23.5. The van der Waals surface area contributed by atoms with Crippen LogP contribution in [0.25, 0.3) is 0 Å². The van der Waals surface area contributed by atoms with Gasteiger partial charge in [0, 0.05) is 63.4 Å². The van der Waals surface area contributed by atoms with Crippen LogP contribution in [-0.4, -0.2) is 76.6 Å². The van der Waals surface area contributed by atoms with Gasteiger partial charge in [0.2, 0.25) is 5.95 Å². The van der Waals surface area contributed by atoms with Crippen molar-refractivity contribution in [2.24, 2.45) is 0 Å². The number of anilines is 1. The van der Waals surface area contributed by atoms with Gasteiger partial charge in [-0.05, 0) is 26.5 Å². The zero-order valence-corrected chi connectivity index (χ0v) is 19.3. The molecule has 0 saturated carbocycles. The number of hydrogen-bond acceptors (Lipinski definition) is 6. The molecule has 2 fully saturated rings. The third kappa shape index (κ3) is 4.32. The second-order valence-corrected chi connectivity index (χ2v) is 8.99. The molecule has 0 radical (unpaired) electrons. The number of carbonyl (C=O) groups is 1. The number of alkyl halides is 3. The molecule has 4 heterocycles. The fraction of sp³-hybridized carbons (Fsp3) is 0.609. The number of amides is 1. The van der Waals surface area contributed by atoms with Gasteiger partial charge in [0.05, 0.1) is 5.57 Å². The topological polar surface area (TPSA) is 61.8 Å². The largest absolute Gasteiger partial charge is 0.483 e. The van der Waals surface area contributed by atoms with E-state index in [1.165, 1.54) is 0 Å². The molecule has 0 aromatic carbocycles. The van der Waals surface area contributed by atoms with Crippen molar-refractivity contribution in [3.63, 3.8) is 0 Å². The summed E-state index contributed by atoms with van der Waals surface area (Å²) < 4.78 is 45.4. The maximum atomic E-state index is 13.7. The molecule has 1 atom stereocenters. The lowest BCUT2D eigenvalue weighted by molar-refractivity contribution is -0.141. The van der Waals surface area contributed by atoms with E-state index in [4.69, 9.17) is 4.74 Å². The summed E-state index contributed by atoms with van der Waals surface area (Å²) in [7, 11) is 0. The van der Waals surface area contributed by atoms with Crippen LogP contribution in [0.5, 0.6) is 0 Å². The minimum absolute atomic E-state index is 0.0285. The lowest BCUT2D eigenvalue weighted by atomic mass is 9.82. The van der Waals surface area contributed by atoms with E-state index in [0.717, 1.165) is 50.3 Å². The number of halogens is 3. The lowest BCUT2D eigenvalue weighted by Crippen LogP contribution is -2.56. The van der Waals surface area contributed by atoms with E-state index in [-0.39, 0.29) is 17.9 Å². The molecular weight excluding hydrogens is 435 g/mol. The number of rotatable bonds is 3. The summed E-state index contributed by atoms with van der Waals surface area (Å²) in [4.78, 5) is 27.3. The van der Waals surface area contributed by atoms with Crippen molar-refractivity contribution in [1.29, 1.82) is 0 Å². The molecule has 1 amide bonds. The van der Waals surface area contributed by atoms with Gasteiger partial charge in [-0.2, -0.15) is 13.2 Å². The van der Waals surface area contributed by atoms with E-state index in [1.54, 1.807) is 9.80 Å². The molecular formula is C23H30F3N5O2. The first-order chi connectivity index (χ1) is 15.6. The van der Waals surface area contributed by atoms with Crippen molar-refractivity contribution in [2.45, 2.75) is 51.4 Å². The molecule has 3 aliphatic rings. The number of piperidine rings is 1. The molecule has 1 aromatic heterocycles. The smallest absolute Gasteiger partial charge is 0.433 e. The Morgan fingerprint density at radius 3 is 2.58 bits per heavy atom. The second-order valence-electron chi connectivity index (χ2n) is 8.99. The third-order valence-electron chi connectivity index (χ3n) is 7.00. The average molecular weight is 466 g/mol. The molecule has 33 heavy (non-hydrogen) atoms. The summed E-state index contributed by atoms with van der Waals surface area (Å²) in [6.07, 6.45) is -1.95. The minimum Gasteiger partial charge on any atom is -0.483 e. The highest BCUT2D eigenvalue weighted by atomic mass is 19.4. The molecule has 0 aliphatic carbocycles. The predicted molar refractivity (Wildman–Crippen MR) is 117 cm³/mol. The van der Waals surface area contributed by atoms with Crippen LogP contribution >= 0.6 is 0 Å². The van der Waals surface area contributed by atoms with Crippen LogP contribution in [-0.2, 0) is 15.7 Å². The number of allylic oxidation sites excluding steroid dienone is 1. The van der Waals surface area contributed by atoms with Gasteiger partial charge >= 0.3 is 6.18 Å². The number of piperazine rings is 1. The number of carbonyl (C=O) groups excluding carboxylic acids is 1. The summed E-state index contributed by atoms with van der Waals surface area (Å²) in [6, 6.07) is 0.620. The second kappa shape index (κ2) is 8.62. The van der Waals surface area contributed by atoms with Gasteiger partial charge in [0.1, 0.15) is 17.1 Å². The Hall–Kier alpha value is -2.62. The fourth-order valence-corrected chi connectivity index (χ4v) is 5.02. The average Bonchev–Trinajstić information content (AvgIpc) is 3.02. The van der Waals surface area contributed by atoms with E-state index < -0.39 is 17.5 Å². The Morgan fingerprint density at radius 2 is 1.97 bits per heavy atom. The van der Waals surface area contributed by atoms with Crippen molar-refractivity contribution >= 4 is 11.9 Å². The highest BCUT2D eigenvalue weighted by Gasteiger charge is 2.50. The maximum absolute atomic E-state index is 13.7. The van der Waals surface area contributed by atoms with Crippen molar-refractivity contribution in [1.82, 2.24) is 19.8 Å². The standard InChI is InChI=1S/C23H30F3N5O2/c1-5-29-10-7-22(8-11-29)19(16(3)17(4)33-22)20(32)30-12-13-31(15(2)14-30)21-27-9-6-18(28-21)23(24,25)26/h6,9,15H,4-5,7-8,10-14H2,1-3H3.